The summed E-state index contributed by atoms with van der Waals surface area (Å²) in [6, 6.07) is 8.21. The molecule has 2 atom stereocenters. The molecule has 1 N–H and O–H groups in total. The van der Waals surface area contributed by atoms with Gasteiger partial charge >= 0.3 is 0 Å². The van der Waals surface area contributed by atoms with Crippen molar-refractivity contribution in [1.82, 2.24) is 5.01 Å². The van der Waals surface area contributed by atoms with Crippen LogP contribution in [-0.4, -0.2) is 48.5 Å². The van der Waals surface area contributed by atoms with Crippen molar-refractivity contribution >= 4 is 40.7 Å². The fraction of sp³-hybridized carbons (Fsp3) is 0.211. The summed E-state index contributed by atoms with van der Waals surface area (Å²) in [4.78, 5) is 38.9. The lowest BCUT2D eigenvalue weighted by atomic mass is 10.1. The predicted octanol–water partition coefficient (Wildman–Crippen LogP) is 2.42. The normalized spacial score (nSPS) is 20.0. The number of nitrogens with one attached hydrogen (secondary N) is 1. The first-order valence-corrected chi connectivity index (χ1v) is 9.21. The Kier molecular flexibility index (Phi) is 5.08. The molecule has 1 saturated heterocycles. The number of amides is 3. The average Bonchev–Trinajstić information content (AvgIpc) is 3.24. The molecule has 9 nitrogen and oxygen atoms in total. The Balaban J connectivity index is 1.50. The number of anilines is 2. The van der Waals surface area contributed by atoms with Crippen LogP contribution in [0.4, 0.5) is 15.8 Å². The zero-order chi connectivity index (χ0) is 21.4. The predicted molar refractivity (Wildman–Crippen MR) is 105 cm³/mol. The maximum absolute atomic E-state index is 13.4. The number of carbonyl (C=O) groups is 3. The second kappa shape index (κ2) is 7.71. The summed E-state index contributed by atoms with van der Waals surface area (Å²) >= 11 is 5.77. The molecule has 0 radical (unpaired) electrons. The number of ether oxygens (including phenoxy) is 1. The van der Waals surface area contributed by atoms with Crippen LogP contribution in [0.3, 0.4) is 0 Å². The maximum atomic E-state index is 13.4. The highest BCUT2D eigenvalue weighted by atomic mass is 35.5. The van der Waals surface area contributed by atoms with Crippen molar-refractivity contribution in [2.45, 2.75) is 12.1 Å². The van der Waals surface area contributed by atoms with E-state index >= 15 is 0 Å². The number of fused-ring (bicyclic) bond motifs is 1. The average molecular weight is 432 g/mol. The SMILES string of the molecule is COc1ccccc1NC(=O)CN1N=N[C@H]2C(=O)N(c3ccc(F)c(Cl)c3)C(=O)[C@@H]21. The number of hydrogen-bond donors (Lipinski definition) is 1. The number of halogens is 2. The van der Waals surface area contributed by atoms with Gasteiger partial charge in [-0.3, -0.25) is 19.4 Å². The van der Waals surface area contributed by atoms with Crippen LogP contribution in [0.2, 0.25) is 5.02 Å². The van der Waals surface area contributed by atoms with Crippen molar-refractivity contribution in [3.8, 4) is 5.75 Å². The van der Waals surface area contributed by atoms with Gasteiger partial charge in [-0.2, -0.15) is 5.11 Å². The summed E-state index contributed by atoms with van der Waals surface area (Å²) in [6.45, 7) is -0.306. The molecular formula is C19H15ClFN5O4. The topological polar surface area (TPSA) is 104 Å². The molecule has 30 heavy (non-hydrogen) atoms. The van der Waals surface area contributed by atoms with E-state index in [9.17, 15) is 18.8 Å². The minimum Gasteiger partial charge on any atom is -0.495 e. The number of nitrogens with zero attached hydrogens (tertiary/aromatic N) is 4. The highest BCUT2D eigenvalue weighted by molar-refractivity contribution is 6.32. The van der Waals surface area contributed by atoms with E-state index in [1.165, 1.54) is 19.2 Å². The quantitative estimate of drug-likeness (QED) is 0.732. The first-order chi connectivity index (χ1) is 14.4. The second-order valence-electron chi connectivity index (χ2n) is 6.55. The van der Waals surface area contributed by atoms with Crippen LogP contribution in [0.5, 0.6) is 5.75 Å². The van der Waals surface area contributed by atoms with Crippen molar-refractivity contribution < 1.29 is 23.5 Å². The number of hydrogen-bond acceptors (Lipinski definition) is 7. The highest BCUT2D eigenvalue weighted by Crippen LogP contribution is 2.33. The summed E-state index contributed by atoms with van der Waals surface area (Å²) in [6.07, 6.45) is 0. The largest absolute Gasteiger partial charge is 0.495 e. The number of methoxy groups -OCH3 is 1. The van der Waals surface area contributed by atoms with E-state index < -0.39 is 35.6 Å². The summed E-state index contributed by atoms with van der Waals surface area (Å²) in [5.74, 6) is -1.92. The van der Waals surface area contributed by atoms with Gasteiger partial charge in [0.15, 0.2) is 12.1 Å². The molecule has 0 bridgehead atoms. The van der Waals surface area contributed by atoms with E-state index in [1.54, 1.807) is 24.3 Å². The lowest BCUT2D eigenvalue weighted by Gasteiger charge is -2.20. The minimum absolute atomic E-state index is 0.124. The Morgan fingerprint density at radius 2 is 2.00 bits per heavy atom. The van der Waals surface area contributed by atoms with Gasteiger partial charge in [0.2, 0.25) is 5.91 Å². The van der Waals surface area contributed by atoms with E-state index in [-0.39, 0.29) is 17.3 Å². The molecule has 2 heterocycles. The van der Waals surface area contributed by atoms with Gasteiger partial charge in [-0.05, 0) is 30.3 Å². The smallest absolute Gasteiger partial charge is 0.263 e. The molecule has 2 aromatic rings. The molecular weight excluding hydrogens is 417 g/mol. The summed E-state index contributed by atoms with van der Waals surface area (Å²) < 4.78 is 18.6. The molecule has 2 aliphatic heterocycles. The fourth-order valence-corrected chi connectivity index (χ4v) is 3.49. The van der Waals surface area contributed by atoms with Gasteiger partial charge in [-0.1, -0.05) is 29.0 Å². The van der Waals surface area contributed by atoms with E-state index in [1.807, 2.05) is 0 Å². The van der Waals surface area contributed by atoms with Gasteiger partial charge in [-0.15, -0.1) is 0 Å². The Morgan fingerprint density at radius 3 is 2.73 bits per heavy atom. The molecule has 154 valence electrons. The van der Waals surface area contributed by atoms with Gasteiger partial charge < -0.3 is 10.1 Å². The Hall–Kier alpha value is -3.53. The first-order valence-electron chi connectivity index (χ1n) is 8.84. The molecule has 4 rings (SSSR count). The molecule has 2 aromatic carbocycles. The standard InChI is InChI=1S/C19H15ClFN5O4/c1-30-14-5-3-2-4-13(14)22-15(27)9-25-17-16(23-24-25)18(28)26(19(17)29)10-6-7-12(21)11(20)8-10/h2-8,16-17H,9H2,1H3,(H,22,27)/t16-,17-/m1/s1. The van der Waals surface area contributed by atoms with E-state index in [0.717, 1.165) is 16.0 Å². The molecule has 2 aliphatic rings. The summed E-state index contributed by atoms with van der Waals surface area (Å²) in [5.41, 5.74) is 0.577. The molecule has 0 aliphatic carbocycles. The maximum Gasteiger partial charge on any atom is 0.263 e. The van der Waals surface area contributed by atoms with Crippen molar-refractivity contribution in [2.24, 2.45) is 10.3 Å². The zero-order valence-electron chi connectivity index (χ0n) is 15.6. The zero-order valence-corrected chi connectivity index (χ0v) is 16.3. The minimum atomic E-state index is -1.08. The van der Waals surface area contributed by atoms with Gasteiger partial charge in [0.1, 0.15) is 18.1 Å². The van der Waals surface area contributed by atoms with Gasteiger partial charge in [0.25, 0.3) is 11.8 Å². The Morgan fingerprint density at radius 1 is 1.23 bits per heavy atom. The Labute approximate surface area is 175 Å². The number of imide groups is 1. The molecule has 0 saturated carbocycles. The monoisotopic (exact) mass is 431 g/mol. The van der Waals surface area contributed by atoms with E-state index in [0.29, 0.717) is 11.4 Å². The van der Waals surface area contributed by atoms with Crippen molar-refractivity contribution in [3.05, 3.63) is 53.3 Å². The van der Waals surface area contributed by atoms with Crippen LogP contribution in [0.25, 0.3) is 0 Å². The lowest BCUT2D eigenvalue weighted by Crippen LogP contribution is -2.43. The third kappa shape index (κ3) is 3.35. The number of rotatable bonds is 5. The van der Waals surface area contributed by atoms with Crippen LogP contribution in [-0.2, 0) is 14.4 Å². The summed E-state index contributed by atoms with van der Waals surface area (Å²) in [5, 5.41) is 11.3. The number of para-hydroxylation sites is 2. The number of carbonyl (C=O) groups excluding carboxylic acids is 3. The van der Waals surface area contributed by atoms with E-state index in [4.69, 9.17) is 16.3 Å². The van der Waals surface area contributed by atoms with Crippen LogP contribution in [0, 0.1) is 5.82 Å². The Bertz CT molecular complexity index is 1080. The first kappa shape index (κ1) is 19.8. The molecule has 0 aromatic heterocycles. The molecule has 1 fully saturated rings. The van der Waals surface area contributed by atoms with Crippen LogP contribution < -0.4 is 15.0 Å². The molecule has 3 amide bonds. The summed E-state index contributed by atoms with van der Waals surface area (Å²) in [7, 11) is 1.48. The van der Waals surface area contributed by atoms with Gasteiger partial charge in [-0.25, -0.2) is 9.29 Å². The lowest BCUT2D eigenvalue weighted by molar-refractivity contribution is -0.123. The van der Waals surface area contributed by atoms with Crippen molar-refractivity contribution in [3.63, 3.8) is 0 Å². The van der Waals surface area contributed by atoms with Gasteiger partial charge in [0.05, 0.1) is 23.5 Å². The fourth-order valence-electron chi connectivity index (χ4n) is 3.32. The molecule has 0 unspecified atom stereocenters. The highest BCUT2D eigenvalue weighted by Gasteiger charge is 2.55. The third-order valence-electron chi connectivity index (χ3n) is 4.71. The van der Waals surface area contributed by atoms with Crippen LogP contribution >= 0.6 is 11.6 Å². The van der Waals surface area contributed by atoms with Crippen LogP contribution in [0.15, 0.2) is 52.8 Å². The molecule has 0 spiro atoms. The van der Waals surface area contributed by atoms with E-state index in [2.05, 4.69) is 15.7 Å². The number of benzene rings is 2. The molecule has 11 heteroatoms. The van der Waals surface area contributed by atoms with Gasteiger partial charge in [0, 0.05) is 0 Å². The van der Waals surface area contributed by atoms with Crippen molar-refractivity contribution in [2.75, 3.05) is 23.9 Å². The third-order valence-corrected chi connectivity index (χ3v) is 5.00. The second-order valence-corrected chi connectivity index (χ2v) is 6.96. The van der Waals surface area contributed by atoms with Crippen LogP contribution in [0.1, 0.15) is 0 Å². The van der Waals surface area contributed by atoms with Crippen molar-refractivity contribution in [1.29, 1.82) is 0 Å².